The van der Waals surface area contributed by atoms with Gasteiger partial charge in [0.25, 0.3) is 0 Å². The normalized spacial score (nSPS) is 13.0. The summed E-state index contributed by atoms with van der Waals surface area (Å²) in [7, 11) is 0. The molecule has 172 valence electrons. The second kappa shape index (κ2) is 14.9. The highest BCUT2D eigenvalue weighted by Gasteiger charge is 2.05. The van der Waals surface area contributed by atoms with Crippen LogP contribution in [0.4, 0.5) is 0 Å². The molecule has 0 fully saturated rings. The zero-order valence-corrected chi connectivity index (χ0v) is 20.4. The molecule has 2 aromatic rings. The topological polar surface area (TPSA) is 18.5 Å². The van der Waals surface area contributed by atoms with Crippen molar-refractivity contribution in [1.82, 2.24) is 0 Å². The second-order valence-electron chi connectivity index (χ2n) is 9.04. The van der Waals surface area contributed by atoms with E-state index in [9.17, 15) is 0 Å². The Morgan fingerprint density at radius 2 is 1.23 bits per heavy atom. The monoisotopic (exact) mass is 424 g/mol. The van der Waals surface area contributed by atoms with Gasteiger partial charge in [-0.05, 0) is 67.5 Å². The molecule has 1 unspecified atom stereocenters. The summed E-state index contributed by atoms with van der Waals surface area (Å²) >= 11 is 0. The van der Waals surface area contributed by atoms with Crippen LogP contribution >= 0.6 is 0 Å². The van der Waals surface area contributed by atoms with E-state index in [2.05, 4.69) is 76.2 Å². The number of unbranched alkanes of at least 4 members (excludes halogenated alkanes) is 5. The fraction of sp³-hybridized carbons (Fsp3) is 0.586. The first kappa shape index (κ1) is 25.3. The van der Waals surface area contributed by atoms with Crippen molar-refractivity contribution in [2.24, 2.45) is 5.92 Å². The lowest BCUT2D eigenvalue weighted by Crippen LogP contribution is -2.11. The first-order valence-electron chi connectivity index (χ1n) is 12.6. The summed E-state index contributed by atoms with van der Waals surface area (Å²) in [5.41, 5.74) is 2.42. The highest BCUT2D eigenvalue weighted by atomic mass is 16.5. The van der Waals surface area contributed by atoms with Gasteiger partial charge in [0.05, 0.1) is 12.7 Å². The molecule has 2 heteroatoms. The van der Waals surface area contributed by atoms with E-state index in [1.807, 2.05) is 0 Å². The van der Waals surface area contributed by atoms with E-state index in [4.69, 9.17) is 9.47 Å². The number of rotatable bonds is 16. The molecule has 0 saturated heterocycles. The van der Waals surface area contributed by atoms with Crippen LogP contribution in [-0.2, 0) is 0 Å². The van der Waals surface area contributed by atoms with Crippen molar-refractivity contribution in [3.63, 3.8) is 0 Å². The molecule has 2 rings (SSSR count). The Morgan fingerprint density at radius 1 is 0.645 bits per heavy atom. The summed E-state index contributed by atoms with van der Waals surface area (Å²) < 4.78 is 12.0. The van der Waals surface area contributed by atoms with Crippen LogP contribution in [0.5, 0.6) is 11.5 Å². The Hall–Kier alpha value is -1.96. The van der Waals surface area contributed by atoms with Gasteiger partial charge in [-0.1, -0.05) is 90.0 Å². The molecule has 2 nitrogen and oxygen atoms in total. The third-order valence-electron chi connectivity index (χ3n) is 6.15. The minimum absolute atomic E-state index is 0.272. The number of ether oxygens (including phenoxy) is 2. The van der Waals surface area contributed by atoms with Crippen LogP contribution in [0, 0.1) is 5.92 Å². The molecule has 2 aromatic carbocycles. The van der Waals surface area contributed by atoms with E-state index in [1.165, 1.54) is 62.5 Å². The lowest BCUT2D eigenvalue weighted by Gasteiger charge is -2.15. The van der Waals surface area contributed by atoms with Gasteiger partial charge in [0.1, 0.15) is 11.5 Å². The Kier molecular flexibility index (Phi) is 12.2. The smallest absolute Gasteiger partial charge is 0.119 e. The van der Waals surface area contributed by atoms with Crippen LogP contribution in [0.25, 0.3) is 11.1 Å². The molecule has 31 heavy (non-hydrogen) atoms. The van der Waals surface area contributed by atoms with Crippen molar-refractivity contribution in [3.05, 3.63) is 48.5 Å². The van der Waals surface area contributed by atoms with Gasteiger partial charge in [-0.3, -0.25) is 0 Å². The largest absolute Gasteiger partial charge is 0.494 e. The summed E-state index contributed by atoms with van der Waals surface area (Å²) in [4.78, 5) is 0. The van der Waals surface area contributed by atoms with E-state index in [0.29, 0.717) is 0 Å². The lowest BCUT2D eigenvalue weighted by molar-refractivity contribution is 0.206. The van der Waals surface area contributed by atoms with Crippen molar-refractivity contribution in [1.29, 1.82) is 0 Å². The molecule has 0 aliphatic heterocycles. The van der Waals surface area contributed by atoms with Gasteiger partial charge in [-0.25, -0.2) is 0 Å². The standard InChI is InChI=1S/C29H44O2/c1-5-7-8-11-14-25(4)31-29-21-17-27(18-22-29)26-15-19-28(20-16-26)30-23-12-9-10-13-24(3)6-2/h15-22,24-25H,5-14,23H2,1-4H3/t24?,25-/m1/s1. The Bertz CT molecular complexity index is 690. The summed E-state index contributed by atoms with van der Waals surface area (Å²) in [6, 6.07) is 16.9. The van der Waals surface area contributed by atoms with Gasteiger partial charge in [0.15, 0.2) is 0 Å². The highest BCUT2D eigenvalue weighted by molar-refractivity contribution is 5.64. The van der Waals surface area contributed by atoms with Gasteiger partial charge < -0.3 is 9.47 Å². The van der Waals surface area contributed by atoms with Crippen molar-refractivity contribution < 1.29 is 9.47 Å². The fourth-order valence-corrected chi connectivity index (χ4v) is 3.79. The summed E-state index contributed by atoms with van der Waals surface area (Å²) in [5.74, 6) is 2.77. The minimum atomic E-state index is 0.272. The number of hydrogen-bond donors (Lipinski definition) is 0. The molecular formula is C29H44O2. The van der Waals surface area contributed by atoms with E-state index >= 15 is 0 Å². The molecule has 0 radical (unpaired) electrons. The van der Waals surface area contributed by atoms with Gasteiger partial charge in [0.2, 0.25) is 0 Å². The first-order chi connectivity index (χ1) is 15.1. The quantitative estimate of drug-likeness (QED) is 0.250. The SMILES string of the molecule is CCCCCC[C@@H](C)Oc1ccc(-c2ccc(OCCCCCC(C)CC)cc2)cc1. The Labute approximate surface area is 191 Å². The van der Waals surface area contributed by atoms with E-state index in [-0.39, 0.29) is 6.10 Å². The molecule has 0 spiro atoms. The lowest BCUT2D eigenvalue weighted by atomic mass is 10.0. The first-order valence-corrected chi connectivity index (χ1v) is 12.6. The predicted octanol–water partition coefficient (Wildman–Crippen LogP) is 9.08. The maximum Gasteiger partial charge on any atom is 0.119 e. The predicted molar refractivity (Wildman–Crippen MR) is 134 cm³/mol. The van der Waals surface area contributed by atoms with Gasteiger partial charge >= 0.3 is 0 Å². The molecule has 0 aliphatic carbocycles. The van der Waals surface area contributed by atoms with E-state index in [0.717, 1.165) is 36.9 Å². The molecule has 2 atom stereocenters. The third kappa shape index (κ3) is 10.3. The molecule has 0 saturated carbocycles. The van der Waals surface area contributed by atoms with Crippen LogP contribution in [-0.4, -0.2) is 12.7 Å². The second-order valence-corrected chi connectivity index (χ2v) is 9.04. The van der Waals surface area contributed by atoms with Crippen LogP contribution in [0.3, 0.4) is 0 Å². The Morgan fingerprint density at radius 3 is 1.84 bits per heavy atom. The molecule has 0 bridgehead atoms. The zero-order valence-electron chi connectivity index (χ0n) is 20.4. The summed E-state index contributed by atoms with van der Waals surface area (Å²) in [6.45, 7) is 9.84. The third-order valence-corrected chi connectivity index (χ3v) is 6.15. The Balaban J connectivity index is 1.72. The van der Waals surface area contributed by atoms with Crippen LogP contribution in [0.15, 0.2) is 48.5 Å². The van der Waals surface area contributed by atoms with Crippen molar-refractivity contribution in [3.8, 4) is 22.6 Å². The average Bonchev–Trinajstić information content (AvgIpc) is 2.80. The summed E-state index contributed by atoms with van der Waals surface area (Å²) in [5, 5.41) is 0. The molecule has 0 N–H and O–H groups in total. The zero-order chi connectivity index (χ0) is 22.3. The van der Waals surface area contributed by atoms with Crippen molar-refractivity contribution >= 4 is 0 Å². The molecular weight excluding hydrogens is 380 g/mol. The average molecular weight is 425 g/mol. The maximum atomic E-state index is 6.08. The van der Waals surface area contributed by atoms with Crippen LogP contribution < -0.4 is 9.47 Å². The van der Waals surface area contributed by atoms with Crippen LogP contribution in [0.1, 0.15) is 91.9 Å². The minimum Gasteiger partial charge on any atom is -0.494 e. The van der Waals surface area contributed by atoms with Gasteiger partial charge in [0, 0.05) is 0 Å². The fourth-order valence-electron chi connectivity index (χ4n) is 3.79. The molecule has 0 amide bonds. The van der Waals surface area contributed by atoms with Gasteiger partial charge in [-0.2, -0.15) is 0 Å². The van der Waals surface area contributed by atoms with Crippen molar-refractivity contribution in [2.45, 2.75) is 98.0 Å². The van der Waals surface area contributed by atoms with Crippen LogP contribution in [0.2, 0.25) is 0 Å². The van der Waals surface area contributed by atoms with E-state index < -0.39 is 0 Å². The molecule has 0 aromatic heterocycles. The van der Waals surface area contributed by atoms with Gasteiger partial charge in [-0.15, -0.1) is 0 Å². The van der Waals surface area contributed by atoms with Crippen molar-refractivity contribution in [2.75, 3.05) is 6.61 Å². The maximum absolute atomic E-state index is 6.08. The number of hydrogen-bond acceptors (Lipinski definition) is 2. The highest BCUT2D eigenvalue weighted by Crippen LogP contribution is 2.25. The van der Waals surface area contributed by atoms with E-state index in [1.54, 1.807) is 0 Å². The summed E-state index contributed by atoms with van der Waals surface area (Å²) in [6.07, 6.45) is 12.9. The molecule has 0 aliphatic rings. The number of benzene rings is 2. The molecule has 0 heterocycles.